The van der Waals surface area contributed by atoms with Crippen LogP contribution < -0.4 is 20.1 Å². The lowest BCUT2D eigenvalue weighted by Gasteiger charge is -2.16. The summed E-state index contributed by atoms with van der Waals surface area (Å²) in [5, 5.41) is 6.63. The zero-order valence-electron chi connectivity index (χ0n) is 16.0. The highest BCUT2D eigenvalue weighted by Gasteiger charge is 2.03. The Morgan fingerprint density at radius 2 is 1.85 bits per heavy atom. The highest BCUT2D eigenvalue weighted by molar-refractivity contribution is 5.80. The fourth-order valence-electron chi connectivity index (χ4n) is 2.16. The molecule has 0 spiro atoms. The molecule has 2 N–H and O–H groups in total. The lowest BCUT2D eigenvalue weighted by molar-refractivity contribution is 0.412. The summed E-state index contributed by atoms with van der Waals surface area (Å²) < 4.78 is 10.9. The first kappa shape index (κ1) is 19.6. The monoisotopic (exact) mass is 356 g/mol. The molecule has 0 aliphatic carbocycles. The van der Waals surface area contributed by atoms with Gasteiger partial charge >= 0.3 is 0 Å². The molecule has 0 fully saturated rings. The fraction of sp³-hybridized carbons (Fsp3) is 0.400. The van der Waals surface area contributed by atoms with Gasteiger partial charge in [-0.1, -0.05) is 13.0 Å². The number of methoxy groups -OCH3 is 1. The summed E-state index contributed by atoms with van der Waals surface area (Å²) >= 11 is 0. The van der Waals surface area contributed by atoms with Gasteiger partial charge in [-0.25, -0.2) is 9.98 Å². The number of hydrogen-bond donors (Lipinski definition) is 2. The van der Waals surface area contributed by atoms with Crippen molar-refractivity contribution in [2.75, 3.05) is 13.7 Å². The molecule has 1 atom stereocenters. The van der Waals surface area contributed by atoms with Crippen molar-refractivity contribution < 1.29 is 9.47 Å². The number of hydrogen-bond acceptors (Lipinski definition) is 4. The first-order valence-electron chi connectivity index (χ1n) is 8.96. The molecular weight excluding hydrogens is 328 g/mol. The van der Waals surface area contributed by atoms with Crippen molar-refractivity contribution in [1.82, 2.24) is 15.6 Å². The van der Waals surface area contributed by atoms with Gasteiger partial charge in [-0.2, -0.15) is 0 Å². The van der Waals surface area contributed by atoms with Gasteiger partial charge < -0.3 is 20.1 Å². The Bertz CT molecular complexity index is 684. The van der Waals surface area contributed by atoms with Crippen LogP contribution in [0.2, 0.25) is 0 Å². The van der Waals surface area contributed by atoms with E-state index in [0.717, 1.165) is 36.0 Å². The van der Waals surface area contributed by atoms with Gasteiger partial charge in [-0.05, 0) is 50.1 Å². The van der Waals surface area contributed by atoms with Gasteiger partial charge in [0.1, 0.15) is 11.5 Å². The van der Waals surface area contributed by atoms with Crippen LogP contribution in [0.4, 0.5) is 0 Å². The van der Waals surface area contributed by atoms with E-state index in [9.17, 15) is 0 Å². The average molecular weight is 356 g/mol. The summed E-state index contributed by atoms with van der Waals surface area (Å²) in [6.45, 7) is 7.73. The van der Waals surface area contributed by atoms with Crippen LogP contribution in [-0.2, 0) is 6.54 Å². The lowest BCUT2D eigenvalue weighted by atomic mass is 10.2. The largest absolute Gasteiger partial charge is 0.497 e. The number of benzene rings is 1. The highest BCUT2D eigenvalue weighted by atomic mass is 16.5. The summed E-state index contributed by atoms with van der Waals surface area (Å²) in [6, 6.07) is 11.6. The van der Waals surface area contributed by atoms with Crippen LogP contribution in [0.5, 0.6) is 17.4 Å². The van der Waals surface area contributed by atoms with Gasteiger partial charge in [0.05, 0.1) is 13.7 Å². The Labute approximate surface area is 155 Å². The van der Waals surface area contributed by atoms with Gasteiger partial charge in [0.25, 0.3) is 0 Å². The van der Waals surface area contributed by atoms with Gasteiger partial charge in [0, 0.05) is 24.8 Å². The highest BCUT2D eigenvalue weighted by Crippen LogP contribution is 2.22. The maximum Gasteiger partial charge on any atom is 0.219 e. The van der Waals surface area contributed by atoms with E-state index in [4.69, 9.17) is 9.47 Å². The Kier molecular flexibility index (Phi) is 7.74. The molecule has 0 saturated heterocycles. The zero-order valence-corrected chi connectivity index (χ0v) is 16.0. The smallest absolute Gasteiger partial charge is 0.219 e. The Hall–Kier alpha value is -2.76. The van der Waals surface area contributed by atoms with Crippen LogP contribution in [0, 0.1) is 0 Å². The van der Waals surface area contributed by atoms with Crippen molar-refractivity contribution in [2.24, 2.45) is 4.99 Å². The maximum atomic E-state index is 5.74. The van der Waals surface area contributed by atoms with E-state index in [-0.39, 0.29) is 0 Å². The molecule has 6 nitrogen and oxygen atoms in total. The Balaban J connectivity index is 1.95. The number of nitrogens with one attached hydrogen (secondary N) is 2. The minimum Gasteiger partial charge on any atom is -0.497 e. The molecule has 0 aliphatic heterocycles. The number of aromatic nitrogens is 1. The van der Waals surface area contributed by atoms with Crippen LogP contribution in [-0.4, -0.2) is 30.6 Å². The topological polar surface area (TPSA) is 67.8 Å². The molecule has 6 heteroatoms. The lowest BCUT2D eigenvalue weighted by Crippen LogP contribution is -2.41. The minimum absolute atomic E-state index is 0.381. The van der Waals surface area contributed by atoms with Crippen LogP contribution in [0.3, 0.4) is 0 Å². The van der Waals surface area contributed by atoms with Crippen molar-refractivity contribution in [3.05, 3.63) is 48.2 Å². The predicted octanol–water partition coefficient (Wildman–Crippen LogP) is 3.74. The summed E-state index contributed by atoms with van der Waals surface area (Å²) in [5.41, 5.74) is 1.02. The molecule has 26 heavy (non-hydrogen) atoms. The molecule has 0 saturated carbocycles. The molecule has 0 aliphatic rings. The Morgan fingerprint density at radius 3 is 2.42 bits per heavy atom. The summed E-state index contributed by atoms with van der Waals surface area (Å²) in [5.74, 6) is 2.88. The third-order valence-corrected chi connectivity index (χ3v) is 3.84. The molecule has 1 aromatic heterocycles. The summed E-state index contributed by atoms with van der Waals surface area (Å²) in [6.07, 6.45) is 2.83. The van der Waals surface area contributed by atoms with Gasteiger partial charge in [-0.15, -0.1) is 0 Å². The van der Waals surface area contributed by atoms with Crippen molar-refractivity contribution in [2.45, 2.75) is 39.8 Å². The van der Waals surface area contributed by atoms with Crippen molar-refractivity contribution in [1.29, 1.82) is 0 Å². The normalized spacial score (nSPS) is 12.4. The molecule has 0 amide bonds. The van der Waals surface area contributed by atoms with Crippen LogP contribution in [0.25, 0.3) is 0 Å². The Morgan fingerprint density at radius 1 is 1.12 bits per heavy atom. The van der Waals surface area contributed by atoms with Crippen molar-refractivity contribution in [3.8, 4) is 17.4 Å². The standard InChI is InChI=1S/C20H28N4O2/c1-5-15(3)24-20(21-6-2)23-14-16-7-12-19(22-13-16)26-18-10-8-17(25-4)9-11-18/h7-13,15H,5-6,14H2,1-4H3,(H2,21,23,24). The number of nitrogens with zero attached hydrogens (tertiary/aromatic N) is 2. The SMILES string of the molecule is CCNC(=NCc1ccc(Oc2ccc(OC)cc2)nc1)NC(C)CC. The van der Waals surface area contributed by atoms with E-state index in [1.807, 2.05) is 36.4 Å². The van der Waals surface area contributed by atoms with Crippen molar-refractivity contribution in [3.63, 3.8) is 0 Å². The third-order valence-electron chi connectivity index (χ3n) is 3.84. The van der Waals surface area contributed by atoms with E-state index in [0.29, 0.717) is 18.5 Å². The van der Waals surface area contributed by atoms with Gasteiger partial charge in [0.2, 0.25) is 5.88 Å². The van der Waals surface area contributed by atoms with E-state index in [1.165, 1.54) is 0 Å². The van der Waals surface area contributed by atoms with Crippen LogP contribution in [0.15, 0.2) is 47.6 Å². The average Bonchev–Trinajstić information content (AvgIpc) is 2.68. The molecule has 2 rings (SSSR count). The quantitative estimate of drug-likeness (QED) is 0.557. The van der Waals surface area contributed by atoms with Gasteiger partial charge in [0.15, 0.2) is 5.96 Å². The zero-order chi connectivity index (χ0) is 18.8. The molecule has 1 heterocycles. The fourth-order valence-corrected chi connectivity index (χ4v) is 2.16. The number of aliphatic imine (C=N–C) groups is 1. The van der Waals surface area contributed by atoms with Crippen molar-refractivity contribution >= 4 is 5.96 Å². The second kappa shape index (κ2) is 10.3. The van der Waals surface area contributed by atoms with Crippen LogP contribution >= 0.6 is 0 Å². The molecule has 1 aromatic carbocycles. The molecule has 2 aromatic rings. The number of rotatable bonds is 8. The molecular formula is C20H28N4O2. The molecule has 1 unspecified atom stereocenters. The molecule has 0 radical (unpaired) electrons. The maximum absolute atomic E-state index is 5.74. The minimum atomic E-state index is 0.381. The summed E-state index contributed by atoms with van der Waals surface area (Å²) in [7, 11) is 1.64. The summed E-state index contributed by atoms with van der Waals surface area (Å²) in [4.78, 5) is 8.96. The van der Waals surface area contributed by atoms with E-state index in [1.54, 1.807) is 13.3 Å². The predicted molar refractivity (Wildman–Crippen MR) is 105 cm³/mol. The number of ether oxygens (including phenoxy) is 2. The second-order valence-corrected chi connectivity index (χ2v) is 5.93. The first-order valence-corrected chi connectivity index (χ1v) is 8.96. The van der Waals surface area contributed by atoms with E-state index in [2.05, 4.69) is 41.4 Å². The number of pyridine rings is 1. The van der Waals surface area contributed by atoms with E-state index >= 15 is 0 Å². The third kappa shape index (κ3) is 6.27. The second-order valence-electron chi connectivity index (χ2n) is 5.93. The van der Waals surface area contributed by atoms with Gasteiger partial charge in [-0.3, -0.25) is 0 Å². The van der Waals surface area contributed by atoms with E-state index < -0.39 is 0 Å². The van der Waals surface area contributed by atoms with Crippen LogP contribution in [0.1, 0.15) is 32.8 Å². The first-order chi connectivity index (χ1) is 12.6. The number of guanidine groups is 1. The molecule has 0 bridgehead atoms. The molecule has 140 valence electrons.